The first kappa shape index (κ1) is 16.8. The Morgan fingerprint density at radius 1 is 1.12 bits per heavy atom. The fourth-order valence-electron chi connectivity index (χ4n) is 4.03. The minimum Gasteiger partial charge on any atom is -0.334 e. The molecule has 0 fully saturated rings. The van der Waals surface area contributed by atoms with Crippen LogP contribution < -0.4 is 5.56 Å². The number of hydrogen-bond donors (Lipinski definition) is 1. The summed E-state index contributed by atoms with van der Waals surface area (Å²) < 4.78 is 0. The van der Waals surface area contributed by atoms with Crippen molar-refractivity contribution >= 4 is 11.7 Å². The first-order valence-electron chi connectivity index (χ1n) is 8.99. The molecule has 0 saturated carbocycles. The number of pyridine rings is 1. The minimum atomic E-state index is -0.405. The third-order valence-corrected chi connectivity index (χ3v) is 5.37. The van der Waals surface area contributed by atoms with Crippen LogP contribution in [0.2, 0.25) is 0 Å². The van der Waals surface area contributed by atoms with E-state index >= 15 is 0 Å². The molecule has 0 radical (unpaired) electrons. The molecule has 2 aliphatic rings. The van der Waals surface area contributed by atoms with Gasteiger partial charge in [-0.05, 0) is 35.4 Å². The third-order valence-electron chi connectivity index (χ3n) is 5.37. The van der Waals surface area contributed by atoms with Crippen molar-refractivity contribution in [3.63, 3.8) is 0 Å². The van der Waals surface area contributed by atoms with Gasteiger partial charge in [0.1, 0.15) is 5.56 Å². The van der Waals surface area contributed by atoms with Crippen LogP contribution in [0.4, 0.5) is 0 Å². The minimum absolute atomic E-state index is 0.00876. The highest BCUT2D eigenvalue weighted by Gasteiger charge is 2.33. The van der Waals surface area contributed by atoms with E-state index in [9.17, 15) is 14.4 Å². The molecule has 1 aliphatic carbocycles. The van der Waals surface area contributed by atoms with Gasteiger partial charge in [-0.3, -0.25) is 14.4 Å². The van der Waals surface area contributed by atoms with Crippen molar-refractivity contribution in [3.8, 4) is 0 Å². The number of aromatic nitrogens is 1. The second-order valence-corrected chi connectivity index (χ2v) is 8.09. The molecule has 0 spiro atoms. The van der Waals surface area contributed by atoms with Crippen molar-refractivity contribution in [1.29, 1.82) is 0 Å². The monoisotopic (exact) mass is 350 g/mol. The van der Waals surface area contributed by atoms with E-state index in [4.69, 9.17) is 0 Å². The van der Waals surface area contributed by atoms with Gasteiger partial charge in [0.15, 0.2) is 5.78 Å². The molecular weight excluding hydrogens is 328 g/mol. The average molecular weight is 350 g/mol. The fourth-order valence-corrected chi connectivity index (χ4v) is 4.03. The van der Waals surface area contributed by atoms with E-state index in [0.29, 0.717) is 37.2 Å². The number of amides is 1. The molecule has 1 aromatic carbocycles. The molecule has 4 rings (SSSR count). The molecule has 0 atom stereocenters. The lowest BCUT2D eigenvalue weighted by molar-refractivity contribution is 0.0732. The zero-order valence-corrected chi connectivity index (χ0v) is 15.1. The van der Waals surface area contributed by atoms with E-state index in [1.807, 2.05) is 32.0 Å². The van der Waals surface area contributed by atoms with Gasteiger partial charge in [0.05, 0.1) is 0 Å². The highest BCUT2D eigenvalue weighted by Crippen LogP contribution is 2.33. The van der Waals surface area contributed by atoms with E-state index in [0.717, 1.165) is 12.0 Å². The van der Waals surface area contributed by atoms with Crippen molar-refractivity contribution < 1.29 is 9.59 Å². The van der Waals surface area contributed by atoms with Gasteiger partial charge in [-0.1, -0.05) is 38.1 Å². The number of nitrogens with zero attached hydrogens (tertiary/aromatic N) is 1. The quantitative estimate of drug-likeness (QED) is 0.860. The van der Waals surface area contributed by atoms with E-state index in [-0.39, 0.29) is 22.7 Å². The molecule has 1 N–H and O–H groups in total. The van der Waals surface area contributed by atoms with Crippen molar-refractivity contribution in [2.75, 3.05) is 6.54 Å². The molecule has 0 unspecified atom stereocenters. The smallest absolute Gasteiger partial charge is 0.261 e. The number of carbonyl (C=O) groups excluding carboxylic acids is 2. The number of carbonyl (C=O) groups is 2. The maximum absolute atomic E-state index is 12.9. The van der Waals surface area contributed by atoms with Gasteiger partial charge in [-0.25, -0.2) is 0 Å². The number of fused-ring (bicyclic) bond motifs is 2. The molecular formula is C21H22N2O3. The first-order valence-corrected chi connectivity index (χ1v) is 8.99. The van der Waals surface area contributed by atoms with Gasteiger partial charge in [0.2, 0.25) is 0 Å². The predicted molar refractivity (Wildman–Crippen MR) is 98.4 cm³/mol. The molecule has 1 amide bonds. The average Bonchev–Trinajstić information content (AvgIpc) is 2.59. The second-order valence-electron chi connectivity index (χ2n) is 8.09. The number of benzene rings is 1. The van der Waals surface area contributed by atoms with Gasteiger partial charge in [-0.15, -0.1) is 0 Å². The number of ketones is 1. The largest absolute Gasteiger partial charge is 0.334 e. The van der Waals surface area contributed by atoms with Gasteiger partial charge in [0.25, 0.3) is 11.5 Å². The topological polar surface area (TPSA) is 70.2 Å². The summed E-state index contributed by atoms with van der Waals surface area (Å²) in [6.07, 6.45) is 1.84. The second kappa shape index (κ2) is 5.94. The van der Waals surface area contributed by atoms with Crippen LogP contribution >= 0.6 is 0 Å². The Bertz CT molecular complexity index is 971. The lowest BCUT2D eigenvalue weighted by Gasteiger charge is -2.31. The Balaban J connectivity index is 1.67. The van der Waals surface area contributed by atoms with Crippen LogP contribution in [-0.4, -0.2) is 28.1 Å². The predicted octanol–water partition coefficient (Wildman–Crippen LogP) is 2.73. The Labute approximate surface area is 152 Å². The number of rotatable bonds is 1. The Hall–Kier alpha value is -2.69. The lowest BCUT2D eigenvalue weighted by Crippen LogP contribution is -2.39. The number of hydrogen-bond acceptors (Lipinski definition) is 3. The third kappa shape index (κ3) is 2.87. The molecule has 1 aliphatic heterocycles. The van der Waals surface area contributed by atoms with Crippen LogP contribution in [0.5, 0.6) is 0 Å². The fraction of sp³-hybridized carbons (Fsp3) is 0.381. The number of H-pyrrole nitrogens is 1. The van der Waals surface area contributed by atoms with Crippen molar-refractivity contribution in [2.24, 2.45) is 5.41 Å². The summed E-state index contributed by atoms with van der Waals surface area (Å²) in [5, 5.41) is 0. The van der Waals surface area contributed by atoms with Gasteiger partial charge >= 0.3 is 0 Å². The molecule has 2 heterocycles. The summed E-state index contributed by atoms with van der Waals surface area (Å²) in [6, 6.07) is 9.55. The van der Waals surface area contributed by atoms with E-state index in [1.54, 1.807) is 4.90 Å². The van der Waals surface area contributed by atoms with Gasteiger partial charge in [0, 0.05) is 30.8 Å². The summed E-state index contributed by atoms with van der Waals surface area (Å²) in [4.78, 5) is 42.4. The normalized spacial score (nSPS) is 18.2. The Kier molecular flexibility index (Phi) is 3.83. The first-order chi connectivity index (χ1) is 12.3. The van der Waals surface area contributed by atoms with Crippen LogP contribution in [-0.2, 0) is 19.4 Å². The van der Waals surface area contributed by atoms with E-state index in [2.05, 4.69) is 11.1 Å². The summed E-state index contributed by atoms with van der Waals surface area (Å²) in [6.45, 7) is 5.09. The van der Waals surface area contributed by atoms with Crippen LogP contribution in [0, 0.1) is 5.41 Å². The molecule has 0 saturated heterocycles. The number of aromatic amines is 1. The highest BCUT2D eigenvalue weighted by atomic mass is 16.2. The molecule has 5 nitrogen and oxygen atoms in total. The van der Waals surface area contributed by atoms with Crippen LogP contribution in [0.15, 0.2) is 35.1 Å². The zero-order valence-electron chi connectivity index (χ0n) is 15.1. The van der Waals surface area contributed by atoms with Crippen LogP contribution in [0.1, 0.15) is 57.8 Å². The zero-order chi connectivity index (χ0) is 18.5. The lowest BCUT2D eigenvalue weighted by atomic mass is 9.75. The van der Waals surface area contributed by atoms with E-state index in [1.165, 1.54) is 11.6 Å². The standard InChI is InChI=1S/C21H22N2O3/c1-21(2)10-17-15(18(24)11-21)9-16(19(25)22-17)20(26)23-8-7-13-5-3-4-6-14(13)12-23/h3-6,9H,7-8,10-12H2,1-2H3,(H,22,25). The SMILES string of the molecule is CC1(C)CC(=O)c2cc(C(=O)N3CCc4ccccc4C3)c(=O)[nH]c2C1. The molecule has 2 aromatic rings. The van der Waals surface area contributed by atoms with Crippen molar-refractivity contribution in [2.45, 2.75) is 39.7 Å². The number of nitrogens with one attached hydrogen (secondary N) is 1. The Morgan fingerprint density at radius 2 is 1.85 bits per heavy atom. The summed E-state index contributed by atoms with van der Waals surface area (Å²) in [5.41, 5.74) is 2.98. The van der Waals surface area contributed by atoms with Crippen molar-refractivity contribution in [3.05, 3.63) is 68.6 Å². The summed E-state index contributed by atoms with van der Waals surface area (Å²) >= 11 is 0. The van der Waals surface area contributed by atoms with E-state index < -0.39 is 5.56 Å². The van der Waals surface area contributed by atoms with Crippen molar-refractivity contribution in [1.82, 2.24) is 9.88 Å². The molecule has 1 aromatic heterocycles. The highest BCUT2D eigenvalue weighted by molar-refractivity contribution is 6.02. The van der Waals surface area contributed by atoms with Gasteiger partial charge < -0.3 is 9.88 Å². The number of Topliss-reactive ketones (excluding diaryl/α,β-unsaturated/α-hetero) is 1. The van der Waals surface area contributed by atoms with Gasteiger partial charge in [-0.2, -0.15) is 0 Å². The van der Waals surface area contributed by atoms with Crippen LogP contribution in [0.3, 0.4) is 0 Å². The molecule has 0 bridgehead atoms. The summed E-state index contributed by atoms with van der Waals surface area (Å²) in [5.74, 6) is -0.313. The molecule has 5 heteroatoms. The maximum atomic E-state index is 12.9. The Morgan fingerprint density at radius 3 is 2.62 bits per heavy atom. The molecule has 134 valence electrons. The van der Waals surface area contributed by atoms with Crippen LogP contribution in [0.25, 0.3) is 0 Å². The maximum Gasteiger partial charge on any atom is 0.261 e. The summed E-state index contributed by atoms with van der Waals surface area (Å²) in [7, 11) is 0. The molecule has 26 heavy (non-hydrogen) atoms.